The van der Waals surface area contributed by atoms with Crippen molar-refractivity contribution in [3.05, 3.63) is 70.9 Å². The zero-order chi connectivity index (χ0) is 22.0. The van der Waals surface area contributed by atoms with Crippen molar-refractivity contribution in [2.24, 2.45) is 0 Å². The maximum absolute atomic E-state index is 13.3. The Labute approximate surface area is 181 Å². The van der Waals surface area contributed by atoms with Crippen LogP contribution in [-0.4, -0.2) is 58.8 Å². The molecule has 8 heteroatoms. The van der Waals surface area contributed by atoms with Gasteiger partial charge in [-0.05, 0) is 51.2 Å². The summed E-state index contributed by atoms with van der Waals surface area (Å²) in [6.45, 7) is 7.84. The van der Waals surface area contributed by atoms with E-state index in [-0.39, 0.29) is 11.7 Å². The van der Waals surface area contributed by atoms with Gasteiger partial charge in [0.1, 0.15) is 11.6 Å². The van der Waals surface area contributed by atoms with Gasteiger partial charge in [-0.1, -0.05) is 6.07 Å². The summed E-state index contributed by atoms with van der Waals surface area (Å²) in [4.78, 5) is 22.2. The van der Waals surface area contributed by atoms with Crippen molar-refractivity contribution in [3.8, 4) is 5.69 Å². The van der Waals surface area contributed by atoms with E-state index in [0.717, 1.165) is 37.6 Å². The predicted molar refractivity (Wildman–Crippen MR) is 118 cm³/mol. The van der Waals surface area contributed by atoms with Crippen LogP contribution < -0.4 is 10.2 Å². The minimum absolute atomic E-state index is 0.184. The molecule has 0 saturated carbocycles. The average molecular weight is 423 g/mol. The Hall–Kier alpha value is -3.26. The number of carbonyl (C=O) groups is 1. The summed E-state index contributed by atoms with van der Waals surface area (Å²) in [5.41, 5.74) is 3.58. The Bertz CT molecular complexity index is 1070. The number of hydrogen-bond acceptors (Lipinski definition) is 5. The molecule has 0 bridgehead atoms. The highest BCUT2D eigenvalue weighted by atomic mass is 19.1. The van der Waals surface area contributed by atoms with Gasteiger partial charge >= 0.3 is 0 Å². The molecular weight excluding hydrogens is 395 g/mol. The molecule has 7 nitrogen and oxygen atoms in total. The first kappa shape index (κ1) is 21.0. The molecule has 31 heavy (non-hydrogen) atoms. The third-order valence-electron chi connectivity index (χ3n) is 5.70. The fourth-order valence-corrected chi connectivity index (χ4v) is 3.94. The third-order valence-corrected chi connectivity index (χ3v) is 5.70. The van der Waals surface area contributed by atoms with E-state index < -0.39 is 0 Å². The number of piperazine rings is 1. The van der Waals surface area contributed by atoms with Crippen molar-refractivity contribution in [2.45, 2.75) is 20.4 Å². The molecule has 1 N–H and O–H groups in total. The number of hydrogen-bond donors (Lipinski definition) is 1. The molecule has 0 atom stereocenters. The molecule has 4 rings (SSSR count). The van der Waals surface area contributed by atoms with Gasteiger partial charge in [-0.3, -0.25) is 4.79 Å². The normalized spacial score (nSPS) is 14.6. The van der Waals surface area contributed by atoms with Crippen molar-refractivity contribution >= 4 is 11.7 Å². The first-order chi connectivity index (χ1) is 14.9. The van der Waals surface area contributed by atoms with E-state index in [1.54, 1.807) is 23.0 Å². The van der Waals surface area contributed by atoms with Crippen molar-refractivity contribution < 1.29 is 9.18 Å². The lowest BCUT2D eigenvalue weighted by atomic mass is 10.1. The van der Waals surface area contributed by atoms with Crippen LogP contribution in [-0.2, 0) is 6.54 Å². The lowest BCUT2D eigenvalue weighted by molar-refractivity contribution is 0.0949. The Balaban J connectivity index is 1.51. The Morgan fingerprint density at radius 1 is 1.10 bits per heavy atom. The third kappa shape index (κ3) is 4.44. The average Bonchev–Trinajstić information content (AvgIpc) is 3.07. The summed E-state index contributed by atoms with van der Waals surface area (Å²) in [6.07, 6.45) is 1.79. The minimum Gasteiger partial charge on any atom is -0.354 e. The quantitative estimate of drug-likeness (QED) is 0.685. The molecule has 1 aliphatic rings. The minimum atomic E-state index is -0.309. The first-order valence-corrected chi connectivity index (χ1v) is 10.4. The molecule has 162 valence electrons. The Morgan fingerprint density at radius 3 is 2.52 bits per heavy atom. The van der Waals surface area contributed by atoms with E-state index in [1.165, 1.54) is 12.1 Å². The standard InChI is InChI=1S/C23H27FN6O/c1-16-21(17(2)30(27-16)20-8-6-19(24)7-9-20)23(31)26-15-18-5-4-10-25-22(18)29-13-11-28(3)12-14-29/h4-10H,11-15H2,1-3H3,(H,26,31). The highest BCUT2D eigenvalue weighted by Crippen LogP contribution is 2.21. The highest BCUT2D eigenvalue weighted by Gasteiger charge is 2.21. The molecule has 3 aromatic rings. The summed E-state index contributed by atoms with van der Waals surface area (Å²) in [7, 11) is 2.12. The number of pyridine rings is 1. The van der Waals surface area contributed by atoms with Crippen molar-refractivity contribution in [1.29, 1.82) is 0 Å². The number of nitrogens with one attached hydrogen (secondary N) is 1. The monoisotopic (exact) mass is 422 g/mol. The SMILES string of the molecule is Cc1nn(-c2ccc(F)cc2)c(C)c1C(=O)NCc1cccnc1N1CCN(C)CC1. The molecule has 1 fully saturated rings. The summed E-state index contributed by atoms with van der Waals surface area (Å²) in [5.74, 6) is 0.429. The van der Waals surface area contributed by atoms with Gasteiger partial charge in [0.25, 0.3) is 5.91 Å². The fourth-order valence-electron chi connectivity index (χ4n) is 3.94. The molecule has 1 amide bonds. The largest absolute Gasteiger partial charge is 0.354 e. The molecular formula is C23H27FN6O. The summed E-state index contributed by atoms with van der Waals surface area (Å²) in [6, 6.07) is 9.96. The molecule has 0 aliphatic carbocycles. The van der Waals surface area contributed by atoms with Gasteiger partial charge in [0.2, 0.25) is 0 Å². The fraction of sp³-hybridized carbons (Fsp3) is 0.348. The predicted octanol–water partition coefficient (Wildman–Crippen LogP) is 2.71. The second-order valence-corrected chi connectivity index (χ2v) is 7.89. The molecule has 2 aromatic heterocycles. The Morgan fingerprint density at radius 2 is 1.81 bits per heavy atom. The zero-order valence-corrected chi connectivity index (χ0v) is 18.1. The molecule has 1 aliphatic heterocycles. The van der Waals surface area contributed by atoms with Gasteiger partial charge in [0, 0.05) is 44.5 Å². The maximum Gasteiger partial charge on any atom is 0.255 e. The van der Waals surface area contributed by atoms with Gasteiger partial charge in [-0.25, -0.2) is 14.1 Å². The smallest absolute Gasteiger partial charge is 0.255 e. The van der Waals surface area contributed by atoms with E-state index in [0.29, 0.717) is 29.2 Å². The highest BCUT2D eigenvalue weighted by molar-refractivity contribution is 5.96. The lowest BCUT2D eigenvalue weighted by Gasteiger charge is -2.34. The number of rotatable bonds is 5. The lowest BCUT2D eigenvalue weighted by Crippen LogP contribution is -2.45. The number of carbonyl (C=O) groups excluding carboxylic acids is 1. The van der Waals surface area contributed by atoms with Gasteiger partial charge < -0.3 is 15.1 Å². The van der Waals surface area contributed by atoms with Gasteiger partial charge in [0.05, 0.1) is 22.6 Å². The topological polar surface area (TPSA) is 66.3 Å². The van der Waals surface area contributed by atoms with Crippen LogP contribution in [0.1, 0.15) is 27.3 Å². The number of aryl methyl sites for hydroxylation is 1. The van der Waals surface area contributed by atoms with Crippen LogP contribution in [0, 0.1) is 19.7 Å². The van der Waals surface area contributed by atoms with Crippen LogP contribution >= 0.6 is 0 Å². The number of likely N-dealkylation sites (N-methyl/N-ethyl adjacent to an activating group) is 1. The summed E-state index contributed by atoms with van der Waals surface area (Å²) >= 11 is 0. The molecule has 1 aromatic carbocycles. The second kappa shape index (κ2) is 8.85. The van der Waals surface area contributed by atoms with E-state index >= 15 is 0 Å². The van der Waals surface area contributed by atoms with E-state index in [1.807, 2.05) is 26.0 Å². The molecule has 1 saturated heterocycles. The van der Waals surface area contributed by atoms with Crippen molar-refractivity contribution in [2.75, 3.05) is 38.1 Å². The van der Waals surface area contributed by atoms with E-state index in [9.17, 15) is 9.18 Å². The Kier molecular flexibility index (Phi) is 5.99. The molecule has 0 unspecified atom stereocenters. The van der Waals surface area contributed by atoms with Crippen LogP contribution in [0.15, 0.2) is 42.6 Å². The van der Waals surface area contributed by atoms with Gasteiger partial charge in [0.15, 0.2) is 0 Å². The molecule has 0 radical (unpaired) electrons. The maximum atomic E-state index is 13.3. The zero-order valence-electron chi connectivity index (χ0n) is 18.1. The number of anilines is 1. The van der Waals surface area contributed by atoms with Crippen molar-refractivity contribution in [3.63, 3.8) is 0 Å². The molecule has 3 heterocycles. The second-order valence-electron chi connectivity index (χ2n) is 7.89. The first-order valence-electron chi connectivity index (χ1n) is 10.4. The van der Waals surface area contributed by atoms with E-state index in [4.69, 9.17) is 0 Å². The number of halogens is 1. The number of nitrogens with zero attached hydrogens (tertiary/aromatic N) is 5. The van der Waals surface area contributed by atoms with E-state index in [2.05, 4.69) is 32.2 Å². The van der Waals surface area contributed by atoms with Crippen LogP contribution in [0.5, 0.6) is 0 Å². The van der Waals surface area contributed by atoms with Crippen LogP contribution in [0.25, 0.3) is 5.69 Å². The number of benzene rings is 1. The van der Waals surface area contributed by atoms with Crippen LogP contribution in [0.2, 0.25) is 0 Å². The van der Waals surface area contributed by atoms with Gasteiger partial charge in [-0.15, -0.1) is 0 Å². The van der Waals surface area contributed by atoms with Crippen molar-refractivity contribution in [1.82, 2.24) is 25.0 Å². The number of amides is 1. The van der Waals surface area contributed by atoms with Crippen LogP contribution in [0.4, 0.5) is 10.2 Å². The van der Waals surface area contributed by atoms with Crippen LogP contribution in [0.3, 0.4) is 0 Å². The van der Waals surface area contributed by atoms with Gasteiger partial charge in [-0.2, -0.15) is 5.10 Å². The summed E-state index contributed by atoms with van der Waals surface area (Å²) in [5, 5.41) is 7.52. The molecule has 0 spiro atoms. The summed E-state index contributed by atoms with van der Waals surface area (Å²) < 4.78 is 14.9. The number of aromatic nitrogens is 3.